The Morgan fingerprint density at radius 3 is 2.71 bits per heavy atom. The summed E-state index contributed by atoms with van der Waals surface area (Å²) in [7, 11) is 1.46. The molecule has 0 aliphatic rings. The molecule has 0 radical (unpaired) electrons. The normalized spacial score (nSPS) is 10.1. The SMILES string of the molecule is COc1ccc(C(=O)NCCc2nc(C(=O)O)cs2)nn1. The van der Waals surface area contributed by atoms with Gasteiger partial charge in [-0.1, -0.05) is 0 Å². The predicted molar refractivity (Wildman–Crippen MR) is 73.7 cm³/mol. The molecule has 110 valence electrons. The van der Waals surface area contributed by atoms with E-state index in [1.54, 1.807) is 6.07 Å². The average molecular weight is 308 g/mol. The highest BCUT2D eigenvalue weighted by Crippen LogP contribution is 2.10. The van der Waals surface area contributed by atoms with Crippen LogP contribution < -0.4 is 10.1 Å². The summed E-state index contributed by atoms with van der Waals surface area (Å²) in [6.45, 7) is 0.332. The van der Waals surface area contributed by atoms with Crippen LogP contribution in [0.1, 0.15) is 26.0 Å². The number of thiazole rings is 1. The Morgan fingerprint density at radius 1 is 1.33 bits per heavy atom. The van der Waals surface area contributed by atoms with E-state index in [0.29, 0.717) is 23.9 Å². The van der Waals surface area contributed by atoms with Crippen LogP contribution >= 0.6 is 11.3 Å². The molecule has 1 amide bonds. The summed E-state index contributed by atoms with van der Waals surface area (Å²) in [6.07, 6.45) is 0.452. The number of nitrogens with zero attached hydrogens (tertiary/aromatic N) is 3. The molecule has 0 aromatic carbocycles. The largest absolute Gasteiger partial charge is 0.480 e. The number of nitrogens with one attached hydrogen (secondary N) is 1. The van der Waals surface area contributed by atoms with E-state index in [-0.39, 0.29) is 17.3 Å². The van der Waals surface area contributed by atoms with Gasteiger partial charge in [-0.3, -0.25) is 4.79 Å². The molecule has 0 saturated heterocycles. The highest BCUT2D eigenvalue weighted by atomic mass is 32.1. The molecule has 0 aliphatic heterocycles. The summed E-state index contributed by atoms with van der Waals surface area (Å²) >= 11 is 1.24. The number of carboxylic acid groups (broad SMARTS) is 1. The van der Waals surface area contributed by atoms with Crippen LogP contribution in [0.5, 0.6) is 5.88 Å². The molecule has 2 heterocycles. The molecule has 0 saturated carbocycles. The summed E-state index contributed by atoms with van der Waals surface area (Å²) in [5.41, 5.74) is 0.198. The number of hydrogen-bond acceptors (Lipinski definition) is 7. The third kappa shape index (κ3) is 3.96. The van der Waals surface area contributed by atoms with Crippen LogP contribution in [0.25, 0.3) is 0 Å². The number of hydrogen-bond donors (Lipinski definition) is 2. The van der Waals surface area contributed by atoms with Crippen molar-refractivity contribution in [1.82, 2.24) is 20.5 Å². The first-order valence-corrected chi connectivity index (χ1v) is 6.81. The lowest BCUT2D eigenvalue weighted by molar-refractivity contribution is 0.0690. The summed E-state index contributed by atoms with van der Waals surface area (Å²) < 4.78 is 4.85. The lowest BCUT2D eigenvalue weighted by atomic mass is 10.3. The Kier molecular flexibility index (Phi) is 4.77. The van der Waals surface area contributed by atoms with Crippen molar-refractivity contribution in [2.45, 2.75) is 6.42 Å². The topological polar surface area (TPSA) is 114 Å². The minimum Gasteiger partial charge on any atom is -0.480 e. The van der Waals surface area contributed by atoms with E-state index in [4.69, 9.17) is 9.84 Å². The second-order valence-electron chi connectivity index (χ2n) is 3.90. The van der Waals surface area contributed by atoms with Crippen molar-refractivity contribution in [1.29, 1.82) is 0 Å². The third-order valence-electron chi connectivity index (χ3n) is 2.48. The third-order valence-corrected chi connectivity index (χ3v) is 3.39. The number of carbonyl (C=O) groups is 2. The standard InChI is InChI=1S/C12H12N4O4S/c1-20-9-3-2-7(15-16-9)11(17)13-5-4-10-14-8(6-21-10)12(18)19/h2-3,6H,4-5H2,1H3,(H,13,17)(H,18,19). The van der Waals surface area contributed by atoms with Crippen LogP contribution in [0, 0.1) is 0 Å². The highest BCUT2D eigenvalue weighted by Gasteiger charge is 2.10. The second-order valence-corrected chi connectivity index (χ2v) is 4.84. The maximum absolute atomic E-state index is 11.8. The lowest BCUT2D eigenvalue weighted by Crippen LogP contribution is -2.26. The van der Waals surface area contributed by atoms with Crippen LogP contribution in [0.2, 0.25) is 0 Å². The second kappa shape index (κ2) is 6.75. The van der Waals surface area contributed by atoms with Gasteiger partial charge in [0.1, 0.15) is 0 Å². The minimum absolute atomic E-state index is 0.0161. The van der Waals surface area contributed by atoms with E-state index in [9.17, 15) is 9.59 Å². The van der Waals surface area contributed by atoms with Gasteiger partial charge in [-0.15, -0.1) is 21.5 Å². The Morgan fingerprint density at radius 2 is 2.14 bits per heavy atom. The molecule has 0 unspecified atom stereocenters. The molecule has 9 heteroatoms. The Bertz CT molecular complexity index is 641. The summed E-state index contributed by atoms with van der Waals surface area (Å²) in [4.78, 5) is 26.4. The fourth-order valence-electron chi connectivity index (χ4n) is 1.45. The van der Waals surface area contributed by atoms with Gasteiger partial charge in [0.25, 0.3) is 5.91 Å². The van der Waals surface area contributed by atoms with Crippen molar-refractivity contribution < 1.29 is 19.4 Å². The zero-order chi connectivity index (χ0) is 15.2. The number of carboxylic acids is 1. The highest BCUT2D eigenvalue weighted by molar-refractivity contribution is 7.09. The Balaban J connectivity index is 1.84. The molecular formula is C12H12N4O4S. The van der Waals surface area contributed by atoms with Gasteiger partial charge in [0.05, 0.1) is 12.1 Å². The van der Waals surface area contributed by atoms with E-state index in [1.807, 2.05) is 0 Å². The van der Waals surface area contributed by atoms with Gasteiger partial charge in [0, 0.05) is 24.4 Å². The van der Waals surface area contributed by atoms with Gasteiger partial charge in [-0.05, 0) is 6.07 Å². The molecule has 2 aromatic heterocycles. The minimum atomic E-state index is -1.06. The van der Waals surface area contributed by atoms with Crippen molar-refractivity contribution in [2.75, 3.05) is 13.7 Å². The number of aromatic carboxylic acids is 1. The van der Waals surface area contributed by atoms with Gasteiger partial charge < -0.3 is 15.2 Å². The monoisotopic (exact) mass is 308 g/mol. The summed E-state index contributed by atoms with van der Waals surface area (Å²) in [5, 5.41) is 20.9. The van der Waals surface area contributed by atoms with E-state index >= 15 is 0 Å². The van der Waals surface area contributed by atoms with E-state index in [0.717, 1.165) is 0 Å². The number of methoxy groups -OCH3 is 1. The molecule has 0 aliphatic carbocycles. The molecule has 2 aromatic rings. The number of ether oxygens (including phenoxy) is 1. The van der Waals surface area contributed by atoms with Crippen LogP contribution in [0.3, 0.4) is 0 Å². The first-order valence-electron chi connectivity index (χ1n) is 5.93. The number of carbonyl (C=O) groups excluding carboxylic acids is 1. The molecule has 0 fully saturated rings. The predicted octanol–water partition coefficient (Wildman–Crippen LogP) is 0.612. The molecule has 21 heavy (non-hydrogen) atoms. The van der Waals surface area contributed by atoms with Crippen LogP contribution in [0.15, 0.2) is 17.5 Å². The van der Waals surface area contributed by atoms with Crippen molar-refractivity contribution in [3.8, 4) is 5.88 Å². The molecule has 2 N–H and O–H groups in total. The maximum Gasteiger partial charge on any atom is 0.355 e. The van der Waals surface area contributed by atoms with E-state index in [2.05, 4.69) is 20.5 Å². The van der Waals surface area contributed by atoms with Crippen LogP contribution in [-0.4, -0.2) is 45.8 Å². The molecular weight excluding hydrogens is 296 g/mol. The first kappa shape index (κ1) is 14.9. The van der Waals surface area contributed by atoms with Gasteiger partial charge in [0.15, 0.2) is 11.4 Å². The quantitative estimate of drug-likeness (QED) is 0.803. The van der Waals surface area contributed by atoms with Crippen molar-refractivity contribution in [3.63, 3.8) is 0 Å². The van der Waals surface area contributed by atoms with E-state index < -0.39 is 5.97 Å². The molecule has 0 bridgehead atoms. The Labute approximate surface area is 123 Å². The zero-order valence-corrected chi connectivity index (χ0v) is 11.9. The number of aromatic nitrogens is 3. The van der Waals surface area contributed by atoms with Gasteiger partial charge in [-0.2, -0.15) is 0 Å². The van der Waals surface area contributed by atoms with Crippen LogP contribution in [-0.2, 0) is 6.42 Å². The number of amides is 1. The fourth-order valence-corrected chi connectivity index (χ4v) is 2.22. The van der Waals surface area contributed by atoms with Gasteiger partial charge >= 0.3 is 5.97 Å². The van der Waals surface area contributed by atoms with Gasteiger partial charge in [-0.25, -0.2) is 9.78 Å². The first-order chi connectivity index (χ1) is 10.1. The molecule has 8 nitrogen and oxygen atoms in total. The van der Waals surface area contributed by atoms with Crippen LogP contribution in [0.4, 0.5) is 0 Å². The summed E-state index contributed by atoms with van der Waals surface area (Å²) in [6, 6.07) is 3.05. The van der Waals surface area contributed by atoms with Crippen molar-refractivity contribution in [2.24, 2.45) is 0 Å². The average Bonchev–Trinajstić information content (AvgIpc) is 2.96. The zero-order valence-electron chi connectivity index (χ0n) is 11.1. The van der Waals surface area contributed by atoms with Crippen molar-refractivity contribution in [3.05, 3.63) is 33.9 Å². The fraction of sp³-hybridized carbons (Fsp3) is 0.250. The smallest absolute Gasteiger partial charge is 0.355 e. The van der Waals surface area contributed by atoms with Gasteiger partial charge in [0.2, 0.25) is 5.88 Å². The van der Waals surface area contributed by atoms with Crippen molar-refractivity contribution >= 4 is 23.2 Å². The maximum atomic E-state index is 11.8. The number of rotatable bonds is 6. The summed E-state index contributed by atoms with van der Waals surface area (Å²) in [5.74, 6) is -1.09. The lowest BCUT2D eigenvalue weighted by Gasteiger charge is -2.03. The molecule has 0 spiro atoms. The Hall–Kier alpha value is -2.55. The molecule has 0 atom stereocenters. The van der Waals surface area contributed by atoms with E-state index in [1.165, 1.54) is 29.9 Å². The molecule has 2 rings (SSSR count).